The number of imide groups is 1. The van der Waals surface area contributed by atoms with E-state index in [0.29, 0.717) is 26.3 Å². The zero-order chi connectivity index (χ0) is 23.8. The van der Waals surface area contributed by atoms with Crippen LogP contribution in [0.15, 0.2) is 47.6 Å². The van der Waals surface area contributed by atoms with Crippen LogP contribution in [0.5, 0.6) is 0 Å². The highest BCUT2D eigenvalue weighted by atomic mass is 32.2. The van der Waals surface area contributed by atoms with Crippen LogP contribution in [0.2, 0.25) is 0 Å². The molecule has 2 aliphatic rings. The molecule has 2 aliphatic heterocycles. The molecule has 2 saturated heterocycles. The smallest absolute Gasteiger partial charge is 0.378 e. The number of anilines is 2. The Morgan fingerprint density at radius 1 is 1.03 bits per heavy atom. The Kier molecular flexibility index (Phi) is 6.01. The third kappa shape index (κ3) is 4.37. The summed E-state index contributed by atoms with van der Waals surface area (Å²) in [6.07, 6.45) is 3.26. The van der Waals surface area contributed by atoms with E-state index in [0.717, 1.165) is 40.4 Å². The molecule has 0 aliphatic carbocycles. The molecule has 0 spiro atoms. The van der Waals surface area contributed by atoms with Gasteiger partial charge in [-0.3, -0.25) is 9.78 Å². The van der Waals surface area contributed by atoms with Gasteiger partial charge in [-0.25, -0.2) is 18.1 Å². The predicted octanol–water partition coefficient (Wildman–Crippen LogP) is 2.18. The molecule has 0 N–H and O–H groups in total. The molecule has 0 bridgehead atoms. The zero-order valence-electron chi connectivity index (χ0n) is 17.2. The van der Waals surface area contributed by atoms with Crippen molar-refractivity contribution in [2.24, 2.45) is 0 Å². The predicted molar refractivity (Wildman–Crippen MR) is 110 cm³/mol. The van der Waals surface area contributed by atoms with Crippen LogP contribution < -0.4 is 9.80 Å². The second-order valence-corrected chi connectivity index (χ2v) is 9.36. The maximum absolute atomic E-state index is 12.9. The molecule has 2 fully saturated rings. The number of hydrogen-bond acceptors (Lipinski definition) is 7. The van der Waals surface area contributed by atoms with Gasteiger partial charge in [-0.05, 0) is 35.9 Å². The molecule has 1 aromatic carbocycles. The average Bonchev–Trinajstić information content (AvgIpc) is 3.07. The van der Waals surface area contributed by atoms with Crippen molar-refractivity contribution in [3.8, 4) is 0 Å². The van der Waals surface area contributed by atoms with E-state index in [1.54, 1.807) is 18.5 Å². The van der Waals surface area contributed by atoms with Gasteiger partial charge < -0.3 is 14.5 Å². The topological polar surface area (TPSA) is 100 Å². The summed E-state index contributed by atoms with van der Waals surface area (Å²) in [7, 11) is -5.53. The Bertz CT molecular complexity index is 1160. The first-order valence-electron chi connectivity index (χ1n) is 9.88. The number of rotatable bonds is 5. The maximum Gasteiger partial charge on any atom is 0.501 e. The number of hydrogen-bond donors (Lipinski definition) is 0. The van der Waals surface area contributed by atoms with E-state index in [1.807, 2.05) is 0 Å². The van der Waals surface area contributed by atoms with Gasteiger partial charge in [0.1, 0.15) is 6.54 Å². The normalized spacial score (nSPS) is 17.7. The highest BCUT2D eigenvalue weighted by molar-refractivity contribution is 7.92. The van der Waals surface area contributed by atoms with Crippen LogP contribution in [0.1, 0.15) is 5.56 Å². The summed E-state index contributed by atoms with van der Waals surface area (Å²) in [5.74, 6) is -0.576. The number of aromatic nitrogens is 1. The Labute approximate surface area is 187 Å². The van der Waals surface area contributed by atoms with Crippen molar-refractivity contribution in [1.29, 1.82) is 0 Å². The van der Waals surface area contributed by atoms with Crippen molar-refractivity contribution in [2.75, 3.05) is 42.6 Å². The first-order chi connectivity index (χ1) is 15.6. The SMILES string of the molecule is O=C1CN(Cc2ccncc2N2CCOCC2)C(=O)N1c1ccc(S(=O)(=O)C(F)(F)F)cc1. The van der Waals surface area contributed by atoms with Gasteiger partial charge in [-0.15, -0.1) is 0 Å². The third-order valence-electron chi connectivity index (χ3n) is 5.35. The van der Waals surface area contributed by atoms with Gasteiger partial charge in [-0.2, -0.15) is 13.2 Å². The van der Waals surface area contributed by atoms with Gasteiger partial charge in [0.25, 0.3) is 15.7 Å². The number of carbonyl (C=O) groups is 2. The van der Waals surface area contributed by atoms with E-state index in [2.05, 4.69) is 9.88 Å². The second-order valence-electron chi connectivity index (χ2n) is 7.41. The standard InChI is InChI=1S/C20H19F3N4O5S/c21-20(22,23)33(30,31)16-3-1-15(2-4-16)27-18(28)13-26(19(27)29)12-14-5-6-24-11-17(14)25-7-9-32-10-8-25/h1-6,11H,7-10,12-13H2. The Balaban J connectivity index is 1.54. The number of halogens is 3. The summed E-state index contributed by atoms with van der Waals surface area (Å²) < 4.78 is 66.7. The van der Waals surface area contributed by atoms with Crippen LogP contribution in [0.25, 0.3) is 0 Å². The highest BCUT2D eigenvalue weighted by Crippen LogP contribution is 2.32. The number of benzene rings is 1. The molecule has 1 aromatic heterocycles. The number of amides is 3. The molecular weight excluding hydrogens is 465 g/mol. The lowest BCUT2D eigenvalue weighted by atomic mass is 10.2. The van der Waals surface area contributed by atoms with Crippen molar-refractivity contribution < 1.29 is 35.9 Å². The van der Waals surface area contributed by atoms with Gasteiger partial charge in [0, 0.05) is 19.3 Å². The van der Waals surface area contributed by atoms with Crippen molar-refractivity contribution in [2.45, 2.75) is 16.9 Å². The number of ether oxygens (including phenoxy) is 1. The Morgan fingerprint density at radius 2 is 1.70 bits per heavy atom. The summed E-state index contributed by atoms with van der Waals surface area (Å²) in [6.45, 7) is 2.32. The minimum absolute atomic E-state index is 0.0169. The molecule has 0 unspecified atom stereocenters. The largest absolute Gasteiger partial charge is 0.501 e. The van der Waals surface area contributed by atoms with Crippen LogP contribution in [-0.4, -0.2) is 68.6 Å². The van der Waals surface area contributed by atoms with Gasteiger partial charge >= 0.3 is 11.5 Å². The number of nitrogens with zero attached hydrogens (tertiary/aromatic N) is 4. The van der Waals surface area contributed by atoms with Crippen LogP contribution in [0.4, 0.5) is 29.3 Å². The number of carbonyl (C=O) groups excluding carboxylic acids is 2. The zero-order valence-corrected chi connectivity index (χ0v) is 18.0. The number of urea groups is 1. The molecule has 3 heterocycles. The van der Waals surface area contributed by atoms with Gasteiger partial charge in [0.05, 0.1) is 42.2 Å². The molecule has 176 valence electrons. The molecule has 2 aromatic rings. The lowest BCUT2D eigenvalue weighted by Crippen LogP contribution is -2.37. The van der Waals surface area contributed by atoms with Crippen molar-refractivity contribution >= 4 is 33.2 Å². The van der Waals surface area contributed by atoms with Gasteiger partial charge in [0.15, 0.2) is 0 Å². The van der Waals surface area contributed by atoms with E-state index in [-0.39, 0.29) is 18.8 Å². The van der Waals surface area contributed by atoms with Crippen LogP contribution in [0.3, 0.4) is 0 Å². The number of alkyl halides is 3. The van der Waals surface area contributed by atoms with E-state index < -0.39 is 32.2 Å². The van der Waals surface area contributed by atoms with Crippen LogP contribution in [-0.2, 0) is 25.9 Å². The molecule has 3 amide bonds. The summed E-state index contributed by atoms with van der Waals surface area (Å²) in [5.41, 5.74) is -3.87. The summed E-state index contributed by atoms with van der Waals surface area (Å²) in [4.78, 5) is 32.8. The molecule has 4 rings (SSSR count). The molecular formula is C20H19F3N4O5S. The van der Waals surface area contributed by atoms with E-state index in [4.69, 9.17) is 4.74 Å². The molecule has 13 heteroatoms. The van der Waals surface area contributed by atoms with Gasteiger partial charge in [-0.1, -0.05) is 0 Å². The Morgan fingerprint density at radius 3 is 2.33 bits per heavy atom. The van der Waals surface area contributed by atoms with E-state index in [9.17, 15) is 31.2 Å². The van der Waals surface area contributed by atoms with Crippen LogP contribution in [0, 0.1) is 0 Å². The van der Waals surface area contributed by atoms with Crippen molar-refractivity contribution in [3.05, 3.63) is 48.3 Å². The molecule has 9 nitrogen and oxygen atoms in total. The number of sulfone groups is 1. The monoisotopic (exact) mass is 484 g/mol. The lowest BCUT2D eigenvalue weighted by Gasteiger charge is -2.31. The maximum atomic E-state index is 12.9. The summed E-state index contributed by atoms with van der Waals surface area (Å²) >= 11 is 0. The van der Waals surface area contributed by atoms with E-state index >= 15 is 0 Å². The fraction of sp³-hybridized carbons (Fsp3) is 0.350. The number of morpholine rings is 1. The quantitative estimate of drug-likeness (QED) is 0.600. The fourth-order valence-electron chi connectivity index (χ4n) is 3.68. The molecule has 0 saturated carbocycles. The number of pyridine rings is 1. The second kappa shape index (κ2) is 8.63. The Hall–Kier alpha value is -3.19. The average molecular weight is 484 g/mol. The van der Waals surface area contributed by atoms with Crippen LogP contribution >= 0.6 is 0 Å². The molecule has 0 atom stereocenters. The lowest BCUT2D eigenvalue weighted by molar-refractivity contribution is -0.116. The van der Waals surface area contributed by atoms with Gasteiger partial charge in [0.2, 0.25) is 0 Å². The summed E-state index contributed by atoms with van der Waals surface area (Å²) in [5, 5.41) is 0. The van der Waals surface area contributed by atoms with Crippen molar-refractivity contribution in [3.63, 3.8) is 0 Å². The molecule has 0 radical (unpaired) electrons. The summed E-state index contributed by atoms with van der Waals surface area (Å²) in [6, 6.07) is 4.55. The minimum Gasteiger partial charge on any atom is -0.378 e. The van der Waals surface area contributed by atoms with E-state index in [1.165, 1.54) is 4.90 Å². The fourth-order valence-corrected chi connectivity index (χ4v) is 4.44. The molecule has 33 heavy (non-hydrogen) atoms. The first kappa shape index (κ1) is 23.0. The highest BCUT2D eigenvalue weighted by Gasteiger charge is 2.47. The first-order valence-corrected chi connectivity index (χ1v) is 11.4. The third-order valence-corrected chi connectivity index (χ3v) is 6.85. The minimum atomic E-state index is -5.53. The van der Waals surface area contributed by atoms with Crippen molar-refractivity contribution in [1.82, 2.24) is 9.88 Å².